The Morgan fingerprint density at radius 1 is 1.09 bits per heavy atom. The molecular formula is C24H31F2N3O2S2. The van der Waals surface area contributed by atoms with Gasteiger partial charge in [-0.15, -0.1) is 11.8 Å². The molecule has 0 heterocycles. The number of nitrogens with one attached hydrogen (secondary N) is 3. The monoisotopic (exact) mass is 495 g/mol. The molecule has 0 saturated carbocycles. The number of aliphatic hydroxyl groups is 1. The molecule has 0 radical (unpaired) electrons. The van der Waals surface area contributed by atoms with Crippen molar-refractivity contribution in [2.24, 2.45) is 0 Å². The van der Waals surface area contributed by atoms with Gasteiger partial charge in [0.25, 0.3) is 0 Å². The number of benzene rings is 2. The predicted octanol–water partition coefficient (Wildman–Crippen LogP) is 3.33. The summed E-state index contributed by atoms with van der Waals surface area (Å²) in [5.41, 5.74) is 2.64. The van der Waals surface area contributed by atoms with E-state index >= 15 is 0 Å². The predicted molar refractivity (Wildman–Crippen MR) is 134 cm³/mol. The molecule has 0 aromatic heterocycles. The number of hydrogen-bond donors (Lipinski definition) is 4. The molecule has 0 aliphatic carbocycles. The minimum Gasteiger partial charge on any atom is -0.390 e. The molecule has 0 unspecified atom stereocenters. The molecule has 2 aromatic rings. The fraction of sp³-hybridized carbons (Fsp3) is 0.417. The van der Waals surface area contributed by atoms with Crippen molar-refractivity contribution < 1.29 is 18.7 Å². The number of aliphatic hydroxyl groups excluding tert-OH is 1. The van der Waals surface area contributed by atoms with E-state index in [0.717, 1.165) is 18.1 Å². The highest BCUT2D eigenvalue weighted by atomic mass is 32.2. The smallest absolute Gasteiger partial charge is 0.242 e. The van der Waals surface area contributed by atoms with Crippen LogP contribution in [0.1, 0.15) is 30.5 Å². The number of hydrogen-bond acceptors (Lipinski definition) is 5. The van der Waals surface area contributed by atoms with E-state index in [2.05, 4.69) is 35.0 Å². The lowest BCUT2D eigenvalue weighted by Gasteiger charge is -2.27. The van der Waals surface area contributed by atoms with Gasteiger partial charge in [-0.2, -0.15) is 0 Å². The van der Waals surface area contributed by atoms with Crippen molar-refractivity contribution >= 4 is 34.2 Å². The third-order valence-electron chi connectivity index (χ3n) is 5.17. The van der Waals surface area contributed by atoms with E-state index in [-0.39, 0.29) is 18.9 Å². The van der Waals surface area contributed by atoms with E-state index in [1.165, 1.54) is 29.5 Å². The van der Waals surface area contributed by atoms with E-state index in [1.54, 1.807) is 13.2 Å². The zero-order valence-electron chi connectivity index (χ0n) is 19.0. The molecule has 0 aliphatic rings. The van der Waals surface area contributed by atoms with Crippen LogP contribution >= 0.6 is 24.0 Å². The lowest BCUT2D eigenvalue weighted by atomic mass is 10.00. The van der Waals surface area contributed by atoms with Gasteiger partial charge in [0.1, 0.15) is 22.0 Å². The Kier molecular flexibility index (Phi) is 11.2. The van der Waals surface area contributed by atoms with Crippen LogP contribution in [0.15, 0.2) is 42.5 Å². The van der Waals surface area contributed by atoms with Crippen molar-refractivity contribution in [1.82, 2.24) is 16.0 Å². The molecule has 2 aromatic carbocycles. The van der Waals surface area contributed by atoms with Crippen molar-refractivity contribution in [2.75, 3.05) is 12.8 Å². The summed E-state index contributed by atoms with van der Waals surface area (Å²) in [7, 11) is 0. The molecule has 4 N–H and O–H groups in total. The fourth-order valence-electron chi connectivity index (χ4n) is 3.34. The van der Waals surface area contributed by atoms with E-state index in [9.17, 15) is 18.7 Å². The summed E-state index contributed by atoms with van der Waals surface area (Å²) in [6, 6.07) is 9.92. The van der Waals surface area contributed by atoms with E-state index in [4.69, 9.17) is 12.2 Å². The molecule has 0 fully saturated rings. The topological polar surface area (TPSA) is 73.4 Å². The Labute approximate surface area is 203 Å². The Hall–Kier alpha value is -2.07. The summed E-state index contributed by atoms with van der Waals surface area (Å²) in [5.74, 6) is -1.79. The second kappa shape index (κ2) is 13.6. The summed E-state index contributed by atoms with van der Waals surface area (Å²) in [6.45, 7) is 4.47. The normalized spacial score (nSPS) is 13.8. The average molecular weight is 496 g/mol. The number of thioether (sulfide) groups is 1. The van der Waals surface area contributed by atoms with Gasteiger partial charge in [-0.1, -0.05) is 43.4 Å². The highest BCUT2D eigenvalue weighted by molar-refractivity contribution is 8.22. The number of carbonyl (C=O) groups is 1. The standard InChI is InChI=1S/C24H31F2N3O2S2/c1-4-16-6-5-7-17(8-16)13-27-14-22(30)21(11-18-9-19(25)12-20(26)10-18)29-23(31)15(2)28-24(32)33-3/h5-10,12,15,21-22,27,30H,4,11,13-14H2,1-3H3,(H,28,32)(H,29,31)/t15-,21+,22+/m1/s1. The van der Waals surface area contributed by atoms with Gasteiger partial charge >= 0.3 is 0 Å². The van der Waals surface area contributed by atoms with Gasteiger partial charge in [-0.3, -0.25) is 4.79 Å². The summed E-state index contributed by atoms with van der Waals surface area (Å²) in [6.07, 6.45) is 1.80. The SMILES string of the molecule is CCc1cccc(CNC[C@H](O)[C@H](Cc2cc(F)cc(F)c2)NC(=O)[C@@H](C)NC(=S)SC)c1. The first kappa shape index (κ1) is 27.2. The Balaban J connectivity index is 2.07. The number of aryl methyl sites for hydroxylation is 1. The Bertz CT molecular complexity index is 925. The summed E-state index contributed by atoms with van der Waals surface area (Å²) in [4.78, 5) is 12.7. The second-order valence-electron chi connectivity index (χ2n) is 7.83. The van der Waals surface area contributed by atoms with Crippen LogP contribution in [0.4, 0.5) is 8.78 Å². The second-order valence-corrected chi connectivity index (χ2v) is 9.31. The van der Waals surface area contributed by atoms with E-state index in [1.807, 2.05) is 12.1 Å². The molecule has 9 heteroatoms. The van der Waals surface area contributed by atoms with Crippen LogP contribution in [0.2, 0.25) is 0 Å². The highest BCUT2D eigenvalue weighted by Crippen LogP contribution is 2.13. The average Bonchev–Trinajstić information content (AvgIpc) is 2.77. The van der Waals surface area contributed by atoms with Crippen LogP contribution in [-0.2, 0) is 24.2 Å². The first-order valence-electron chi connectivity index (χ1n) is 10.8. The van der Waals surface area contributed by atoms with Crippen molar-refractivity contribution in [3.8, 4) is 0 Å². The molecule has 2 rings (SSSR count). The van der Waals surface area contributed by atoms with E-state index in [0.29, 0.717) is 16.4 Å². The number of thiocarbonyl (C=S) groups is 1. The lowest BCUT2D eigenvalue weighted by molar-refractivity contribution is -0.123. The fourth-order valence-corrected chi connectivity index (χ4v) is 3.81. The van der Waals surface area contributed by atoms with Crippen molar-refractivity contribution in [2.45, 2.75) is 51.4 Å². The first-order valence-corrected chi connectivity index (χ1v) is 12.4. The largest absolute Gasteiger partial charge is 0.390 e. The van der Waals surface area contributed by atoms with Crippen molar-refractivity contribution in [3.05, 3.63) is 70.8 Å². The minimum absolute atomic E-state index is 0.0638. The van der Waals surface area contributed by atoms with Gasteiger partial charge in [0.2, 0.25) is 5.91 Å². The minimum atomic E-state index is -0.991. The molecule has 1 amide bonds. The molecule has 0 spiro atoms. The van der Waals surface area contributed by atoms with Crippen LogP contribution in [0, 0.1) is 11.6 Å². The molecule has 180 valence electrons. The Morgan fingerprint density at radius 3 is 2.39 bits per heavy atom. The third kappa shape index (κ3) is 9.37. The zero-order chi connectivity index (χ0) is 24.4. The molecule has 5 nitrogen and oxygen atoms in total. The van der Waals surface area contributed by atoms with Crippen LogP contribution in [0.25, 0.3) is 0 Å². The lowest BCUT2D eigenvalue weighted by Crippen LogP contribution is -2.53. The molecule has 3 atom stereocenters. The quantitative estimate of drug-likeness (QED) is 0.359. The maximum atomic E-state index is 13.7. The number of rotatable bonds is 11. The van der Waals surface area contributed by atoms with Crippen LogP contribution < -0.4 is 16.0 Å². The molecule has 0 aliphatic heterocycles. The molecule has 33 heavy (non-hydrogen) atoms. The van der Waals surface area contributed by atoms with E-state index < -0.39 is 29.8 Å². The van der Waals surface area contributed by atoms with Gasteiger partial charge in [-0.05, 0) is 54.8 Å². The molecular weight excluding hydrogens is 464 g/mol. The zero-order valence-corrected chi connectivity index (χ0v) is 20.7. The number of carbonyl (C=O) groups excluding carboxylic acids is 1. The van der Waals surface area contributed by atoms with Gasteiger partial charge in [-0.25, -0.2) is 8.78 Å². The van der Waals surface area contributed by atoms with Crippen molar-refractivity contribution in [3.63, 3.8) is 0 Å². The molecule has 0 saturated heterocycles. The van der Waals surface area contributed by atoms with Gasteiger partial charge in [0.05, 0.1) is 12.1 Å². The van der Waals surface area contributed by atoms with Crippen LogP contribution in [-0.4, -0.2) is 46.3 Å². The van der Waals surface area contributed by atoms with Gasteiger partial charge in [0, 0.05) is 19.2 Å². The van der Waals surface area contributed by atoms with Crippen LogP contribution in [0.5, 0.6) is 0 Å². The maximum Gasteiger partial charge on any atom is 0.242 e. The summed E-state index contributed by atoms with van der Waals surface area (Å²) >= 11 is 6.41. The van der Waals surface area contributed by atoms with Crippen LogP contribution in [0.3, 0.4) is 0 Å². The number of halogens is 2. The summed E-state index contributed by atoms with van der Waals surface area (Å²) < 4.78 is 27.8. The molecule has 0 bridgehead atoms. The highest BCUT2D eigenvalue weighted by Gasteiger charge is 2.25. The Morgan fingerprint density at radius 2 is 1.76 bits per heavy atom. The van der Waals surface area contributed by atoms with Crippen molar-refractivity contribution in [1.29, 1.82) is 0 Å². The van der Waals surface area contributed by atoms with Gasteiger partial charge < -0.3 is 21.1 Å². The maximum absolute atomic E-state index is 13.7. The number of amides is 1. The van der Waals surface area contributed by atoms with Gasteiger partial charge in [0.15, 0.2) is 0 Å². The first-order chi connectivity index (χ1) is 15.7. The summed E-state index contributed by atoms with van der Waals surface area (Å²) in [5, 5.41) is 19.7. The third-order valence-corrected chi connectivity index (χ3v) is 6.27.